The highest BCUT2D eigenvalue weighted by molar-refractivity contribution is 6.84. The van der Waals surface area contributed by atoms with Crippen molar-refractivity contribution in [2.75, 3.05) is 0 Å². The Kier molecular flexibility index (Phi) is 4.61. The summed E-state index contributed by atoms with van der Waals surface area (Å²) in [6, 6.07) is 1.46. The van der Waals surface area contributed by atoms with E-state index in [9.17, 15) is 0 Å². The van der Waals surface area contributed by atoms with Crippen LogP contribution in [0, 0.1) is 0 Å². The first-order chi connectivity index (χ1) is 10.9. The molecule has 0 bridgehead atoms. The van der Waals surface area contributed by atoms with Crippen molar-refractivity contribution in [1.29, 1.82) is 0 Å². The Hall–Kier alpha value is -0.823. The van der Waals surface area contributed by atoms with E-state index in [2.05, 4.69) is 53.3 Å². The van der Waals surface area contributed by atoms with Crippen LogP contribution in [-0.4, -0.2) is 8.07 Å². The summed E-state index contributed by atoms with van der Waals surface area (Å²) >= 11 is 0. The molecule has 0 nitrogen and oxygen atoms in total. The van der Waals surface area contributed by atoms with E-state index >= 15 is 0 Å². The van der Waals surface area contributed by atoms with Gasteiger partial charge in [-0.1, -0.05) is 54.8 Å². The maximum atomic E-state index is 2.72. The van der Waals surface area contributed by atoms with E-state index < -0.39 is 8.07 Å². The van der Waals surface area contributed by atoms with Crippen LogP contribution in [0.3, 0.4) is 0 Å². The molecule has 2 unspecified atom stereocenters. The molecule has 0 fully saturated rings. The maximum Gasteiger partial charge on any atom is 0.0739 e. The zero-order valence-electron chi connectivity index (χ0n) is 16.1. The van der Waals surface area contributed by atoms with Gasteiger partial charge in [-0.3, -0.25) is 0 Å². The molecule has 3 rings (SSSR count). The van der Waals surface area contributed by atoms with Crippen molar-refractivity contribution in [2.24, 2.45) is 0 Å². The van der Waals surface area contributed by atoms with Crippen molar-refractivity contribution in [3.05, 3.63) is 45.6 Å². The molecule has 3 aliphatic carbocycles. The summed E-state index contributed by atoms with van der Waals surface area (Å²) in [6.07, 6.45) is 12.0. The van der Waals surface area contributed by atoms with Gasteiger partial charge in [0.05, 0.1) is 8.07 Å². The second-order valence-corrected chi connectivity index (χ2v) is 13.1. The maximum absolute atomic E-state index is 2.72. The Morgan fingerprint density at radius 2 is 1.61 bits per heavy atom. The minimum absolute atomic E-state index is 0.769. The quantitative estimate of drug-likeness (QED) is 0.474. The van der Waals surface area contributed by atoms with Gasteiger partial charge in [-0.05, 0) is 81.2 Å². The van der Waals surface area contributed by atoms with Crippen molar-refractivity contribution in [3.63, 3.8) is 0 Å². The van der Waals surface area contributed by atoms with Gasteiger partial charge in [0.15, 0.2) is 0 Å². The van der Waals surface area contributed by atoms with Gasteiger partial charge in [0, 0.05) is 0 Å². The Bertz CT molecular complexity index is 604. The standard InChI is InChI=1S/C22H34Si/c1-7-14-23(6,22-17(4)15(2)16(3)18(22)5)21-13-12-19-10-8-9-11-20(19)21/h12-13,21-22H,7-11,14H2,1-6H3. The summed E-state index contributed by atoms with van der Waals surface area (Å²) < 4.78 is 0. The molecule has 0 spiro atoms. The van der Waals surface area contributed by atoms with Gasteiger partial charge in [0.25, 0.3) is 0 Å². The molecule has 1 heteroatoms. The molecule has 0 heterocycles. The Morgan fingerprint density at radius 1 is 1.00 bits per heavy atom. The van der Waals surface area contributed by atoms with Crippen LogP contribution in [0.2, 0.25) is 23.7 Å². The summed E-state index contributed by atoms with van der Waals surface area (Å²) in [5.74, 6) is 0. The fourth-order valence-electron chi connectivity index (χ4n) is 5.80. The molecule has 23 heavy (non-hydrogen) atoms. The summed E-state index contributed by atoms with van der Waals surface area (Å²) in [5.41, 5.74) is 11.7. The summed E-state index contributed by atoms with van der Waals surface area (Å²) in [7, 11) is -1.46. The van der Waals surface area contributed by atoms with Gasteiger partial charge < -0.3 is 0 Å². The molecule has 0 aromatic heterocycles. The first-order valence-corrected chi connectivity index (χ1v) is 12.5. The van der Waals surface area contributed by atoms with Crippen LogP contribution < -0.4 is 0 Å². The minimum atomic E-state index is -1.46. The molecule has 0 amide bonds. The molecule has 0 radical (unpaired) electrons. The van der Waals surface area contributed by atoms with Crippen LogP contribution in [0.4, 0.5) is 0 Å². The third-order valence-corrected chi connectivity index (χ3v) is 12.9. The third kappa shape index (κ3) is 2.56. The molecule has 3 aliphatic rings. The van der Waals surface area contributed by atoms with Gasteiger partial charge in [0.1, 0.15) is 0 Å². The van der Waals surface area contributed by atoms with Crippen molar-refractivity contribution in [3.8, 4) is 0 Å². The summed E-state index contributed by atoms with van der Waals surface area (Å²) in [6.45, 7) is 14.7. The molecule has 0 aromatic rings. The Balaban J connectivity index is 2.05. The molecule has 0 saturated heterocycles. The Morgan fingerprint density at radius 3 is 2.22 bits per heavy atom. The lowest BCUT2D eigenvalue weighted by molar-refractivity contribution is 0.675. The fourth-order valence-corrected chi connectivity index (χ4v) is 11.9. The monoisotopic (exact) mass is 326 g/mol. The summed E-state index contributed by atoms with van der Waals surface area (Å²) in [4.78, 5) is 0. The fraction of sp³-hybridized carbons (Fsp3) is 0.636. The van der Waals surface area contributed by atoms with Crippen molar-refractivity contribution < 1.29 is 0 Å². The average Bonchev–Trinajstić information content (AvgIpc) is 3.05. The van der Waals surface area contributed by atoms with Gasteiger partial charge >= 0.3 is 0 Å². The number of rotatable bonds is 4. The van der Waals surface area contributed by atoms with E-state index in [-0.39, 0.29) is 0 Å². The average molecular weight is 327 g/mol. The van der Waals surface area contributed by atoms with Gasteiger partial charge in [-0.15, -0.1) is 0 Å². The van der Waals surface area contributed by atoms with Crippen molar-refractivity contribution in [2.45, 2.75) is 90.4 Å². The first kappa shape index (κ1) is 17.0. The highest BCUT2D eigenvalue weighted by atomic mass is 28.3. The van der Waals surface area contributed by atoms with Gasteiger partial charge in [0.2, 0.25) is 0 Å². The lowest BCUT2D eigenvalue weighted by Crippen LogP contribution is -2.42. The van der Waals surface area contributed by atoms with E-state index in [0.717, 1.165) is 11.1 Å². The van der Waals surface area contributed by atoms with Crippen LogP contribution >= 0.6 is 0 Å². The van der Waals surface area contributed by atoms with Crippen molar-refractivity contribution >= 4 is 8.07 Å². The second-order valence-electron chi connectivity index (χ2n) is 8.40. The normalized spacial score (nSPS) is 28.0. The SMILES string of the molecule is CCC[Si](C)(C1C=CC2=C1CCCC2)C1C(C)=C(C)C(C)=C1C. The van der Waals surface area contributed by atoms with Crippen LogP contribution in [0.1, 0.15) is 66.7 Å². The predicted octanol–water partition coefficient (Wildman–Crippen LogP) is 7.34. The van der Waals surface area contributed by atoms with E-state index in [1.54, 1.807) is 27.9 Å². The first-order valence-electron chi connectivity index (χ1n) is 9.67. The molecule has 126 valence electrons. The largest absolute Gasteiger partial charge is 0.0797 e. The highest BCUT2D eigenvalue weighted by Crippen LogP contribution is 2.57. The second kappa shape index (κ2) is 6.24. The number of hydrogen-bond donors (Lipinski definition) is 0. The zero-order valence-corrected chi connectivity index (χ0v) is 17.1. The minimum Gasteiger partial charge on any atom is -0.0797 e. The van der Waals surface area contributed by atoms with E-state index in [1.165, 1.54) is 38.1 Å². The van der Waals surface area contributed by atoms with Gasteiger partial charge in [-0.2, -0.15) is 0 Å². The Labute approximate surface area is 144 Å². The topological polar surface area (TPSA) is 0 Å². The van der Waals surface area contributed by atoms with Crippen LogP contribution in [0.15, 0.2) is 45.6 Å². The van der Waals surface area contributed by atoms with E-state index in [4.69, 9.17) is 0 Å². The molecule has 0 N–H and O–H groups in total. The lowest BCUT2D eigenvalue weighted by Gasteiger charge is -2.42. The molecule has 0 saturated carbocycles. The van der Waals surface area contributed by atoms with E-state index in [1.807, 2.05) is 5.57 Å². The number of allylic oxidation sites excluding steroid dienone is 8. The zero-order chi connectivity index (χ0) is 16.8. The molecule has 0 aliphatic heterocycles. The molecule has 2 atom stereocenters. The van der Waals surface area contributed by atoms with Gasteiger partial charge in [-0.25, -0.2) is 0 Å². The van der Waals surface area contributed by atoms with Crippen LogP contribution in [0.25, 0.3) is 0 Å². The van der Waals surface area contributed by atoms with E-state index in [0.29, 0.717) is 0 Å². The summed E-state index contributed by atoms with van der Waals surface area (Å²) in [5, 5.41) is 0. The smallest absolute Gasteiger partial charge is 0.0739 e. The molecular formula is C22H34Si. The predicted molar refractivity (Wildman–Crippen MR) is 106 cm³/mol. The molecule has 0 aromatic carbocycles. The van der Waals surface area contributed by atoms with Crippen LogP contribution in [0.5, 0.6) is 0 Å². The lowest BCUT2D eigenvalue weighted by atomic mass is 9.93. The van der Waals surface area contributed by atoms with Crippen molar-refractivity contribution in [1.82, 2.24) is 0 Å². The highest BCUT2D eigenvalue weighted by Gasteiger charge is 2.48. The third-order valence-electron chi connectivity index (χ3n) is 7.19. The van der Waals surface area contributed by atoms with Crippen LogP contribution in [-0.2, 0) is 0 Å². The number of hydrogen-bond acceptors (Lipinski definition) is 0. The molecular weight excluding hydrogens is 292 g/mol.